The van der Waals surface area contributed by atoms with Gasteiger partial charge in [-0.2, -0.15) is 0 Å². The van der Waals surface area contributed by atoms with E-state index in [0.717, 1.165) is 0 Å². The van der Waals surface area contributed by atoms with Gasteiger partial charge in [-0.3, -0.25) is 14.4 Å². The smallest absolute Gasteiger partial charge is 0.208 e. The first-order valence-corrected chi connectivity index (χ1v) is 10.2. The maximum atomic E-state index is 13.2. The Kier molecular flexibility index (Phi) is 8.40. The molecule has 5 nitrogen and oxygen atoms in total. The maximum Gasteiger partial charge on any atom is 0.208 e. The molecule has 0 spiro atoms. The molecule has 2 atom stereocenters. The third kappa shape index (κ3) is 5.28. The quantitative estimate of drug-likeness (QED) is 0.345. The zero-order chi connectivity index (χ0) is 20.9. The van der Waals surface area contributed by atoms with Gasteiger partial charge in [0.25, 0.3) is 0 Å². The Hall–Kier alpha value is -1.49. The zero-order valence-corrected chi connectivity index (χ0v) is 18.0. The summed E-state index contributed by atoms with van der Waals surface area (Å²) in [6, 6.07) is 0. The second-order valence-electron chi connectivity index (χ2n) is 9.04. The van der Waals surface area contributed by atoms with Gasteiger partial charge in [0.15, 0.2) is 17.2 Å². The summed E-state index contributed by atoms with van der Waals surface area (Å²) in [5.74, 6) is -1.75. The highest BCUT2D eigenvalue weighted by Crippen LogP contribution is 2.40. The monoisotopic (exact) mass is 379 g/mol. The van der Waals surface area contributed by atoms with E-state index in [4.69, 9.17) is 0 Å². The Bertz CT molecular complexity index is 603. The number of Topliss-reactive ketones (excluding diaryl/α,β-unsaturated/α-hetero) is 3. The summed E-state index contributed by atoms with van der Waals surface area (Å²) in [4.78, 5) is 39.2. The number of carbonyl (C=O) groups is 3. The SMILES string of the molecule is CN/C(CC(C)C)=C1\C(=O)[C@H](CCC(C)C)[C@@](O)(C(=O)CCC(C)C)C1=O. The molecule has 0 aromatic rings. The minimum absolute atomic E-state index is 0.000327. The lowest BCUT2D eigenvalue weighted by Crippen LogP contribution is -2.49. The van der Waals surface area contributed by atoms with Gasteiger partial charge in [-0.25, -0.2) is 0 Å². The van der Waals surface area contributed by atoms with Crippen LogP contribution in [0.1, 0.15) is 73.6 Å². The van der Waals surface area contributed by atoms with Crippen LogP contribution < -0.4 is 5.32 Å². The molecule has 1 aliphatic carbocycles. The van der Waals surface area contributed by atoms with Gasteiger partial charge in [0.1, 0.15) is 0 Å². The van der Waals surface area contributed by atoms with Crippen molar-refractivity contribution in [1.29, 1.82) is 0 Å². The molecular weight excluding hydrogens is 342 g/mol. The largest absolute Gasteiger partial charge is 0.391 e. The van der Waals surface area contributed by atoms with Crippen LogP contribution in [0.25, 0.3) is 0 Å². The van der Waals surface area contributed by atoms with Crippen molar-refractivity contribution >= 4 is 17.3 Å². The molecule has 0 bridgehead atoms. The van der Waals surface area contributed by atoms with Crippen molar-refractivity contribution < 1.29 is 19.5 Å². The minimum atomic E-state index is -2.21. The molecule has 0 aromatic heterocycles. The van der Waals surface area contributed by atoms with E-state index in [-0.39, 0.29) is 29.6 Å². The topological polar surface area (TPSA) is 83.5 Å². The van der Waals surface area contributed by atoms with Crippen LogP contribution in [0.15, 0.2) is 11.3 Å². The Morgan fingerprint density at radius 2 is 1.59 bits per heavy atom. The molecule has 0 aliphatic heterocycles. The van der Waals surface area contributed by atoms with Crippen LogP contribution in [-0.4, -0.2) is 35.1 Å². The molecule has 1 aliphatic rings. The molecular formula is C22H37NO4. The van der Waals surface area contributed by atoms with Crippen LogP contribution in [0.2, 0.25) is 0 Å². The van der Waals surface area contributed by atoms with E-state index in [0.29, 0.717) is 37.3 Å². The number of nitrogens with one attached hydrogen (secondary N) is 1. The van der Waals surface area contributed by atoms with E-state index in [1.165, 1.54) is 0 Å². The fourth-order valence-corrected chi connectivity index (χ4v) is 3.62. The van der Waals surface area contributed by atoms with Gasteiger partial charge in [0, 0.05) is 19.2 Å². The lowest BCUT2D eigenvalue weighted by Gasteiger charge is -2.26. The number of rotatable bonds is 10. The van der Waals surface area contributed by atoms with Crippen LogP contribution in [0.5, 0.6) is 0 Å². The summed E-state index contributed by atoms with van der Waals surface area (Å²) in [6.45, 7) is 12.0. The first kappa shape index (κ1) is 23.5. The Balaban J connectivity index is 3.38. The maximum absolute atomic E-state index is 13.2. The summed E-state index contributed by atoms with van der Waals surface area (Å²) in [7, 11) is 1.67. The molecule has 0 radical (unpaired) electrons. The molecule has 1 fully saturated rings. The highest BCUT2D eigenvalue weighted by atomic mass is 16.3. The summed E-state index contributed by atoms with van der Waals surface area (Å²) in [6.07, 6.45) is 2.24. The molecule has 0 amide bonds. The molecule has 5 heteroatoms. The van der Waals surface area contributed by atoms with E-state index in [1.807, 2.05) is 41.5 Å². The zero-order valence-electron chi connectivity index (χ0n) is 18.0. The van der Waals surface area contributed by atoms with Gasteiger partial charge in [-0.15, -0.1) is 0 Å². The van der Waals surface area contributed by atoms with E-state index >= 15 is 0 Å². The Morgan fingerprint density at radius 3 is 2.04 bits per heavy atom. The second-order valence-corrected chi connectivity index (χ2v) is 9.04. The number of ketones is 3. The van der Waals surface area contributed by atoms with Crippen LogP contribution in [0.3, 0.4) is 0 Å². The predicted molar refractivity (Wildman–Crippen MR) is 107 cm³/mol. The first-order chi connectivity index (χ1) is 12.5. The summed E-state index contributed by atoms with van der Waals surface area (Å²) >= 11 is 0. The molecule has 1 rings (SSSR count). The molecule has 0 aromatic carbocycles. The van der Waals surface area contributed by atoms with Crippen molar-refractivity contribution in [2.24, 2.45) is 23.7 Å². The lowest BCUT2D eigenvalue weighted by atomic mass is 9.79. The molecule has 2 N–H and O–H groups in total. The van der Waals surface area contributed by atoms with Crippen LogP contribution >= 0.6 is 0 Å². The number of hydrogen-bond acceptors (Lipinski definition) is 5. The summed E-state index contributed by atoms with van der Waals surface area (Å²) in [5.41, 5.74) is -1.68. The van der Waals surface area contributed by atoms with Crippen molar-refractivity contribution in [2.45, 2.75) is 79.2 Å². The van der Waals surface area contributed by atoms with Crippen molar-refractivity contribution in [1.82, 2.24) is 5.32 Å². The number of allylic oxidation sites excluding steroid dienone is 1. The van der Waals surface area contributed by atoms with Gasteiger partial charge in [-0.1, -0.05) is 48.0 Å². The van der Waals surface area contributed by atoms with E-state index in [2.05, 4.69) is 5.32 Å². The van der Waals surface area contributed by atoms with Gasteiger partial charge in [0.2, 0.25) is 5.78 Å². The number of hydrogen-bond donors (Lipinski definition) is 2. The average Bonchev–Trinajstić information content (AvgIpc) is 2.76. The van der Waals surface area contributed by atoms with E-state index in [1.54, 1.807) is 7.05 Å². The normalized spacial score (nSPS) is 25.1. The Morgan fingerprint density at radius 1 is 1.04 bits per heavy atom. The highest BCUT2D eigenvalue weighted by Gasteiger charge is 2.61. The molecule has 0 unspecified atom stereocenters. The molecule has 0 heterocycles. The molecule has 1 saturated carbocycles. The van der Waals surface area contributed by atoms with E-state index in [9.17, 15) is 19.5 Å². The van der Waals surface area contributed by atoms with Crippen molar-refractivity contribution in [3.8, 4) is 0 Å². The van der Waals surface area contributed by atoms with Crippen molar-refractivity contribution in [3.05, 3.63) is 11.3 Å². The van der Waals surface area contributed by atoms with E-state index < -0.39 is 23.1 Å². The van der Waals surface area contributed by atoms with Gasteiger partial charge >= 0.3 is 0 Å². The third-order valence-electron chi connectivity index (χ3n) is 5.26. The minimum Gasteiger partial charge on any atom is -0.391 e. The summed E-state index contributed by atoms with van der Waals surface area (Å²) < 4.78 is 0. The Labute approximate surface area is 164 Å². The average molecular weight is 380 g/mol. The van der Waals surface area contributed by atoms with Crippen molar-refractivity contribution in [3.63, 3.8) is 0 Å². The van der Waals surface area contributed by atoms with Crippen LogP contribution in [-0.2, 0) is 14.4 Å². The van der Waals surface area contributed by atoms with Gasteiger partial charge < -0.3 is 10.4 Å². The standard InChI is InChI=1S/C22H37NO4/c1-13(2)8-10-16-20(25)19(17(23-7)12-15(5)6)21(26)22(16,27)18(24)11-9-14(3)4/h13-16,23,27H,8-12H2,1-7H3/b19-17+/t16-,22+/m0/s1. The number of aliphatic hydroxyl groups is 1. The fourth-order valence-electron chi connectivity index (χ4n) is 3.62. The highest BCUT2D eigenvalue weighted by molar-refractivity contribution is 6.37. The third-order valence-corrected chi connectivity index (χ3v) is 5.26. The van der Waals surface area contributed by atoms with Crippen molar-refractivity contribution in [2.75, 3.05) is 7.05 Å². The molecule has 154 valence electrons. The van der Waals surface area contributed by atoms with Crippen LogP contribution in [0.4, 0.5) is 0 Å². The van der Waals surface area contributed by atoms with Crippen LogP contribution in [0, 0.1) is 23.7 Å². The number of carbonyl (C=O) groups excluding carboxylic acids is 3. The fraction of sp³-hybridized carbons (Fsp3) is 0.773. The predicted octanol–water partition coefficient (Wildman–Crippen LogP) is 3.45. The summed E-state index contributed by atoms with van der Waals surface area (Å²) in [5, 5.41) is 14.2. The molecule has 0 saturated heterocycles. The first-order valence-electron chi connectivity index (χ1n) is 10.2. The lowest BCUT2D eigenvalue weighted by molar-refractivity contribution is -0.153. The molecule has 27 heavy (non-hydrogen) atoms. The van der Waals surface area contributed by atoms with Gasteiger partial charge in [-0.05, 0) is 37.0 Å². The second kappa shape index (κ2) is 9.63. The van der Waals surface area contributed by atoms with Gasteiger partial charge in [0.05, 0.1) is 11.5 Å².